The lowest BCUT2D eigenvalue weighted by molar-refractivity contribution is -0.121. The first-order valence-electron chi connectivity index (χ1n) is 9.51. The van der Waals surface area contributed by atoms with Crippen molar-refractivity contribution < 1.29 is 14.0 Å². The second-order valence-corrected chi connectivity index (χ2v) is 8.48. The van der Waals surface area contributed by atoms with Crippen molar-refractivity contribution in [2.45, 2.75) is 18.9 Å². The molecule has 9 nitrogen and oxygen atoms in total. The molecule has 1 unspecified atom stereocenters. The molecule has 0 aliphatic heterocycles. The van der Waals surface area contributed by atoms with Crippen molar-refractivity contribution in [3.05, 3.63) is 65.5 Å². The lowest BCUT2D eigenvalue weighted by Gasteiger charge is -2.16. The molecule has 0 bridgehead atoms. The number of nitrogens with one attached hydrogen (secondary N) is 2. The number of rotatable bonds is 9. The van der Waals surface area contributed by atoms with Gasteiger partial charge >= 0.3 is 0 Å². The first-order valence-corrected chi connectivity index (χ1v) is 11.8. The zero-order valence-electron chi connectivity index (χ0n) is 16.6. The molecule has 160 valence electrons. The average molecular weight is 457 g/mol. The van der Waals surface area contributed by atoms with Crippen LogP contribution in [0.25, 0.3) is 5.65 Å². The third-order valence-corrected chi connectivity index (χ3v) is 5.91. The van der Waals surface area contributed by atoms with Crippen LogP contribution in [0.1, 0.15) is 34.5 Å². The molecule has 0 aromatic carbocycles. The van der Waals surface area contributed by atoms with Crippen LogP contribution in [-0.4, -0.2) is 43.4 Å². The Hall–Kier alpha value is -3.18. The monoisotopic (exact) mass is 456 g/mol. The number of carbonyl (C=O) groups is 2. The Morgan fingerprint density at radius 1 is 1.26 bits per heavy atom. The highest BCUT2D eigenvalue weighted by molar-refractivity contribution is 7.98. The average Bonchev–Trinajstić information content (AvgIpc) is 3.52. The number of pyridine rings is 1. The number of aromatic nitrogens is 4. The molecule has 0 radical (unpaired) electrons. The van der Waals surface area contributed by atoms with E-state index < -0.39 is 0 Å². The highest BCUT2D eigenvalue weighted by Gasteiger charge is 2.21. The van der Waals surface area contributed by atoms with Gasteiger partial charge in [0.15, 0.2) is 22.4 Å². The normalized spacial score (nSPS) is 12.0. The van der Waals surface area contributed by atoms with E-state index in [0.29, 0.717) is 16.6 Å². The van der Waals surface area contributed by atoms with Gasteiger partial charge in [0.1, 0.15) is 0 Å². The molecule has 2 N–H and O–H groups in total. The number of amides is 2. The van der Waals surface area contributed by atoms with E-state index in [-0.39, 0.29) is 30.0 Å². The number of carbonyl (C=O) groups excluding carboxylic acids is 2. The van der Waals surface area contributed by atoms with E-state index in [1.165, 1.54) is 17.6 Å². The number of fused-ring (bicyclic) bond motifs is 1. The minimum atomic E-state index is -0.383. The molecule has 2 amide bonds. The summed E-state index contributed by atoms with van der Waals surface area (Å²) < 4.78 is 6.95. The number of hydrogen-bond acceptors (Lipinski definition) is 8. The molecular weight excluding hydrogens is 436 g/mol. The number of furan rings is 1. The molecule has 0 aliphatic carbocycles. The smallest absolute Gasteiger partial charge is 0.293 e. The fourth-order valence-electron chi connectivity index (χ4n) is 3.02. The second-order valence-electron chi connectivity index (χ2n) is 6.64. The first-order chi connectivity index (χ1) is 15.1. The van der Waals surface area contributed by atoms with Crippen molar-refractivity contribution in [1.82, 2.24) is 24.9 Å². The van der Waals surface area contributed by atoms with Gasteiger partial charge in [0.05, 0.1) is 24.4 Å². The summed E-state index contributed by atoms with van der Waals surface area (Å²) in [4.78, 5) is 29.1. The summed E-state index contributed by atoms with van der Waals surface area (Å²) in [5, 5.41) is 16.4. The summed E-state index contributed by atoms with van der Waals surface area (Å²) in [7, 11) is 0. The molecule has 4 aromatic heterocycles. The van der Waals surface area contributed by atoms with E-state index in [1.807, 2.05) is 35.1 Å². The maximum atomic E-state index is 12.7. The van der Waals surface area contributed by atoms with Gasteiger partial charge in [-0.15, -0.1) is 21.5 Å². The summed E-state index contributed by atoms with van der Waals surface area (Å²) in [5.41, 5.74) is 1.31. The fourth-order valence-corrected chi connectivity index (χ4v) is 4.20. The zero-order valence-corrected chi connectivity index (χ0v) is 18.3. The van der Waals surface area contributed by atoms with E-state index in [9.17, 15) is 9.59 Å². The maximum Gasteiger partial charge on any atom is 0.293 e. The standard InChI is InChI=1S/C20H20N6O3S2/c1-30-10-7-14(18-25-24-16-6-2-3-8-26(16)18)22-17(27)11-13-12-31-20(21-13)23-19(28)15-5-4-9-29-15/h2-6,8-9,12,14H,7,10-11H2,1H3,(H,22,27)(H,21,23,28). The molecule has 0 aliphatic rings. The van der Waals surface area contributed by atoms with Gasteiger partial charge in [-0.3, -0.25) is 19.3 Å². The third-order valence-electron chi connectivity index (χ3n) is 4.46. The topological polar surface area (TPSA) is 114 Å². The van der Waals surface area contributed by atoms with Crippen LogP contribution in [0.4, 0.5) is 5.13 Å². The van der Waals surface area contributed by atoms with Crippen molar-refractivity contribution in [3.63, 3.8) is 0 Å². The van der Waals surface area contributed by atoms with Crippen LogP contribution in [0.5, 0.6) is 0 Å². The van der Waals surface area contributed by atoms with Crippen molar-refractivity contribution in [3.8, 4) is 0 Å². The summed E-state index contributed by atoms with van der Waals surface area (Å²) in [5.74, 6) is 1.21. The lowest BCUT2D eigenvalue weighted by atomic mass is 10.2. The number of thioether (sulfide) groups is 1. The van der Waals surface area contributed by atoms with Crippen LogP contribution in [0.15, 0.2) is 52.6 Å². The van der Waals surface area contributed by atoms with E-state index in [0.717, 1.165) is 17.8 Å². The number of anilines is 1. The van der Waals surface area contributed by atoms with Gasteiger partial charge in [-0.25, -0.2) is 4.98 Å². The van der Waals surface area contributed by atoms with E-state index in [4.69, 9.17) is 4.42 Å². The zero-order chi connectivity index (χ0) is 21.6. The largest absolute Gasteiger partial charge is 0.459 e. The minimum Gasteiger partial charge on any atom is -0.459 e. The van der Waals surface area contributed by atoms with Crippen LogP contribution in [-0.2, 0) is 11.2 Å². The van der Waals surface area contributed by atoms with Crippen LogP contribution < -0.4 is 10.6 Å². The molecule has 4 heterocycles. The molecule has 1 atom stereocenters. The van der Waals surface area contributed by atoms with Gasteiger partial charge in [0, 0.05) is 11.6 Å². The lowest BCUT2D eigenvalue weighted by Crippen LogP contribution is -2.31. The van der Waals surface area contributed by atoms with Crippen LogP contribution in [0.2, 0.25) is 0 Å². The molecule has 0 saturated heterocycles. The third kappa shape index (κ3) is 5.12. The van der Waals surface area contributed by atoms with Gasteiger partial charge in [-0.2, -0.15) is 11.8 Å². The predicted molar refractivity (Wildman–Crippen MR) is 119 cm³/mol. The molecule has 0 spiro atoms. The maximum absolute atomic E-state index is 12.7. The Labute approximate surface area is 186 Å². The highest BCUT2D eigenvalue weighted by Crippen LogP contribution is 2.20. The van der Waals surface area contributed by atoms with Crippen molar-refractivity contribution >= 4 is 45.7 Å². The molecule has 31 heavy (non-hydrogen) atoms. The predicted octanol–water partition coefficient (Wildman–Crippen LogP) is 3.18. The molecule has 4 aromatic rings. The quantitative estimate of drug-likeness (QED) is 0.397. The molecular formula is C20H20N6O3S2. The molecule has 4 rings (SSSR count). The van der Waals surface area contributed by atoms with Crippen molar-refractivity contribution in [2.24, 2.45) is 0 Å². The van der Waals surface area contributed by atoms with Crippen molar-refractivity contribution in [2.75, 3.05) is 17.3 Å². The second kappa shape index (κ2) is 9.75. The van der Waals surface area contributed by atoms with Crippen LogP contribution >= 0.6 is 23.1 Å². The Balaban J connectivity index is 1.41. The molecule has 0 fully saturated rings. The highest BCUT2D eigenvalue weighted by atomic mass is 32.2. The summed E-state index contributed by atoms with van der Waals surface area (Å²) >= 11 is 2.96. The van der Waals surface area contributed by atoms with Gasteiger partial charge in [0.25, 0.3) is 5.91 Å². The first kappa shape index (κ1) is 21.1. The summed E-state index contributed by atoms with van der Waals surface area (Å²) in [6, 6.07) is 8.61. The molecule has 11 heteroatoms. The minimum absolute atomic E-state index is 0.0969. The van der Waals surface area contributed by atoms with Gasteiger partial charge in [-0.05, 0) is 42.7 Å². The molecule has 0 saturated carbocycles. The Morgan fingerprint density at radius 2 is 2.16 bits per heavy atom. The number of nitrogens with zero attached hydrogens (tertiary/aromatic N) is 4. The van der Waals surface area contributed by atoms with Crippen LogP contribution in [0, 0.1) is 0 Å². The van der Waals surface area contributed by atoms with E-state index in [1.54, 1.807) is 29.3 Å². The number of thiazole rings is 1. The van der Waals surface area contributed by atoms with E-state index in [2.05, 4.69) is 25.8 Å². The summed E-state index contributed by atoms with van der Waals surface area (Å²) in [6.45, 7) is 0. The fraction of sp³-hybridized carbons (Fsp3) is 0.250. The summed E-state index contributed by atoms with van der Waals surface area (Å²) in [6.07, 6.45) is 6.16. The number of hydrogen-bond donors (Lipinski definition) is 2. The van der Waals surface area contributed by atoms with E-state index >= 15 is 0 Å². The van der Waals surface area contributed by atoms with Crippen molar-refractivity contribution in [1.29, 1.82) is 0 Å². The Morgan fingerprint density at radius 3 is 2.97 bits per heavy atom. The Bertz CT molecular complexity index is 1170. The van der Waals surface area contributed by atoms with Gasteiger partial charge in [0.2, 0.25) is 5.91 Å². The van der Waals surface area contributed by atoms with Gasteiger partial charge < -0.3 is 9.73 Å². The SMILES string of the molecule is CSCCC(NC(=O)Cc1csc(NC(=O)c2ccco2)n1)c1nnc2ccccn12. The van der Waals surface area contributed by atoms with Gasteiger partial charge in [-0.1, -0.05) is 6.07 Å². The van der Waals surface area contributed by atoms with Crippen LogP contribution in [0.3, 0.4) is 0 Å². The Kier molecular flexibility index (Phi) is 6.63.